The number of aromatic hydroxyl groups is 1. The number of benzene rings is 1. The van der Waals surface area contributed by atoms with E-state index in [1.165, 1.54) is 0 Å². The first-order valence-corrected chi connectivity index (χ1v) is 9.90. The van der Waals surface area contributed by atoms with Crippen molar-refractivity contribution in [2.45, 2.75) is 25.9 Å². The molecule has 144 valence electrons. The molecule has 3 aromatic rings. The topological polar surface area (TPSA) is 53.3 Å². The van der Waals surface area contributed by atoms with Crippen molar-refractivity contribution in [3.8, 4) is 11.4 Å². The zero-order valence-electron chi connectivity index (χ0n) is 16.0. The molecule has 1 saturated heterocycles. The Bertz CT molecular complexity index is 952. The summed E-state index contributed by atoms with van der Waals surface area (Å²) in [5.41, 5.74) is 3.11. The third kappa shape index (κ3) is 3.47. The number of nitrogens with zero attached hydrogens (tertiary/aromatic N) is 3. The number of pyridine rings is 1. The molecule has 5 nitrogen and oxygen atoms in total. The molecule has 0 amide bonds. The summed E-state index contributed by atoms with van der Waals surface area (Å²) in [5.74, 6) is 0.732. The third-order valence-corrected chi connectivity index (χ3v) is 5.32. The average Bonchev–Trinajstić information content (AvgIpc) is 3.28. The van der Waals surface area contributed by atoms with Crippen LogP contribution in [0, 0.1) is 5.92 Å². The van der Waals surface area contributed by atoms with Crippen LogP contribution in [-0.2, 0) is 0 Å². The molecular weight excluding hydrogens is 368 g/mol. The fraction of sp³-hybridized carbons (Fsp3) is 0.273. The van der Waals surface area contributed by atoms with Crippen molar-refractivity contribution < 1.29 is 5.11 Å². The van der Waals surface area contributed by atoms with Crippen molar-refractivity contribution in [1.82, 2.24) is 19.8 Å². The fourth-order valence-corrected chi connectivity index (χ4v) is 4.12. The fourth-order valence-electron chi connectivity index (χ4n) is 3.80. The Morgan fingerprint density at radius 3 is 2.57 bits per heavy atom. The van der Waals surface area contributed by atoms with E-state index in [1.807, 2.05) is 48.8 Å². The van der Waals surface area contributed by atoms with Crippen molar-refractivity contribution in [3.63, 3.8) is 0 Å². The zero-order chi connectivity index (χ0) is 19.7. The predicted molar refractivity (Wildman–Crippen MR) is 114 cm³/mol. The van der Waals surface area contributed by atoms with Gasteiger partial charge >= 0.3 is 0 Å². The highest BCUT2D eigenvalue weighted by Crippen LogP contribution is 2.39. The Kier molecular flexibility index (Phi) is 5.05. The molecule has 0 unspecified atom stereocenters. The van der Waals surface area contributed by atoms with E-state index in [9.17, 15) is 5.11 Å². The first-order valence-electron chi connectivity index (χ1n) is 9.49. The summed E-state index contributed by atoms with van der Waals surface area (Å²) in [5, 5.41) is 13.9. The second-order valence-corrected chi connectivity index (χ2v) is 7.88. The van der Waals surface area contributed by atoms with E-state index in [0.717, 1.165) is 28.7 Å². The number of aromatic nitrogens is 2. The molecule has 28 heavy (non-hydrogen) atoms. The molecule has 1 aromatic carbocycles. The van der Waals surface area contributed by atoms with Crippen LogP contribution in [0.25, 0.3) is 5.69 Å². The molecule has 0 saturated carbocycles. The highest BCUT2D eigenvalue weighted by atomic mass is 32.1. The van der Waals surface area contributed by atoms with Gasteiger partial charge in [0.1, 0.15) is 5.75 Å². The van der Waals surface area contributed by atoms with Crippen LogP contribution >= 0.6 is 12.2 Å². The van der Waals surface area contributed by atoms with Crippen LogP contribution in [0.5, 0.6) is 5.75 Å². The number of phenolic OH excluding ortho intramolecular Hbond substituents is 1. The van der Waals surface area contributed by atoms with E-state index in [-0.39, 0.29) is 17.8 Å². The molecule has 1 aliphatic heterocycles. The molecule has 4 rings (SSSR count). The van der Waals surface area contributed by atoms with E-state index in [1.54, 1.807) is 12.1 Å². The van der Waals surface area contributed by atoms with Gasteiger partial charge in [-0.2, -0.15) is 0 Å². The lowest BCUT2D eigenvalue weighted by atomic mass is 10.0. The molecule has 1 aliphatic rings. The lowest BCUT2D eigenvalue weighted by molar-refractivity contribution is 0.280. The van der Waals surface area contributed by atoms with Crippen molar-refractivity contribution in [2.75, 3.05) is 6.54 Å². The quantitative estimate of drug-likeness (QED) is 0.637. The Labute approximate surface area is 170 Å². The number of phenols is 1. The molecule has 0 radical (unpaired) electrons. The summed E-state index contributed by atoms with van der Waals surface area (Å²) < 4.78 is 2.16. The maximum atomic E-state index is 9.65. The van der Waals surface area contributed by atoms with Gasteiger partial charge in [-0.3, -0.25) is 4.98 Å². The number of hydrogen-bond acceptors (Lipinski definition) is 3. The summed E-state index contributed by atoms with van der Waals surface area (Å²) in [6, 6.07) is 17.4. The summed E-state index contributed by atoms with van der Waals surface area (Å²) in [6.45, 7) is 5.26. The summed E-state index contributed by atoms with van der Waals surface area (Å²) >= 11 is 5.71. The number of nitrogens with one attached hydrogen (secondary N) is 1. The molecule has 0 bridgehead atoms. The van der Waals surface area contributed by atoms with Crippen molar-refractivity contribution in [2.24, 2.45) is 5.92 Å². The van der Waals surface area contributed by atoms with Crippen LogP contribution in [0.4, 0.5) is 0 Å². The van der Waals surface area contributed by atoms with Gasteiger partial charge < -0.3 is 19.9 Å². The van der Waals surface area contributed by atoms with Crippen LogP contribution in [0.2, 0.25) is 0 Å². The van der Waals surface area contributed by atoms with E-state index < -0.39 is 0 Å². The normalized spacial score (nSPS) is 19.2. The first kappa shape index (κ1) is 18.5. The second kappa shape index (κ2) is 7.64. The molecule has 3 heterocycles. The minimum absolute atomic E-state index is 0.0219. The molecular formula is C22H24N4OS. The Morgan fingerprint density at radius 2 is 1.89 bits per heavy atom. The highest BCUT2D eigenvalue weighted by molar-refractivity contribution is 7.80. The van der Waals surface area contributed by atoms with E-state index in [0.29, 0.717) is 5.92 Å². The summed E-state index contributed by atoms with van der Waals surface area (Å²) in [7, 11) is 0. The van der Waals surface area contributed by atoms with Gasteiger partial charge in [-0.15, -0.1) is 0 Å². The lowest BCUT2D eigenvalue weighted by Crippen LogP contribution is -2.33. The van der Waals surface area contributed by atoms with Crippen molar-refractivity contribution in [1.29, 1.82) is 0 Å². The minimum Gasteiger partial charge on any atom is -0.508 e. The summed E-state index contributed by atoms with van der Waals surface area (Å²) in [4.78, 5) is 6.86. The molecule has 1 fully saturated rings. The molecule has 2 N–H and O–H groups in total. The number of thiocarbonyl (C=S) groups is 1. The van der Waals surface area contributed by atoms with Gasteiger partial charge in [0.2, 0.25) is 0 Å². The maximum absolute atomic E-state index is 9.65. The molecule has 6 heteroatoms. The lowest BCUT2D eigenvalue weighted by Gasteiger charge is -2.30. The van der Waals surface area contributed by atoms with Gasteiger partial charge in [-0.05, 0) is 66.7 Å². The Morgan fingerprint density at radius 1 is 1.11 bits per heavy atom. The van der Waals surface area contributed by atoms with Gasteiger partial charge in [0.15, 0.2) is 5.11 Å². The van der Waals surface area contributed by atoms with E-state index in [2.05, 4.69) is 39.7 Å². The molecule has 0 aliphatic carbocycles. The predicted octanol–water partition coefficient (Wildman–Crippen LogP) is 4.21. The van der Waals surface area contributed by atoms with Gasteiger partial charge in [0.05, 0.1) is 17.8 Å². The van der Waals surface area contributed by atoms with Crippen LogP contribution in [0.3, 0.4) is 0 Å². The highest BCUT2D eigenvalue weighted by Gasteiger charge is 2.41. The van der Waals surface area contributed by atoms with Crippen molar-refractivity contribution in [3.05, 3.63) is 78.4 Å². The number of rotatable bonds is 5. The van der Waals surface area contributed by atoms with Crippen LogP contribution in [-0.4, -0.2) is 31.2 Å². The molecule has 0 spiro atoms. The van der Waals surface area contributed by atoms with Crippen LogP contribution in [0.15, 0.2) is 67.0 Å². The Hall–Kier alpha value is -2.86. The monoisotopic (exact) mass is 392 g/mol. The minimum atomic E-state index is -0.0294. The van der Waals surface area contributed by atoms with E-state index in [4.69, 9.17) is 12.2 Å². The standard InChI is InChI=1S/C22H24N4OS/c1-15(2)14-26-21(20(24-22(26)28)18-6-3-4-12-23-18)19-7-5-13-25(19)16-8-10-17(27)11-9-16/h3-13,15,20-21,27H,14H2,1-2H3,(H,24,28)/t20-,21+/m0/s1. The number of hydrogen-bond donors (Lipinski definition) is 2. The maximum Gasteiger partial charge on any atom is 0.170 e. The van der Waals surface area contributed by atoms with E-state index >= 15 is 0 Å². The smallest absolute Gasteiger partial charge is 0.170 e. The second-order valence-electron chi connectivity index (χ2n) is 7.49. The third-order valence-electron chi connectivity index (χ3n) is 4.97. The van der Waals surface area contributed by atoms with Crippen LogP contribution in [0.1, 0.15) is 37.3 Å². The Balaban J connectivity index is 1.80. The van der Waals surface area contributed by atoms with Gasteiger partial charge in [0, 0.05) is 30.3 Å². The molecule has 2 atom stereocenters. The van der Waals surface area contributed by atoms with Crippen LogP contribution < -0.4 is 5.32 Å². The van der Waals surface area contributed by atoms with Gasteiger partial charge in [0.25, 0.3) is 0 Å². The first-order chi connectivity index (χ1) is 13.5. The molecule has 2 aromatic heterocycles. The van der Waals surface area contributed by atoms with Gasteiger partial charge in [-0.25, -0.2) is 0 Å². The zero-order valence-corrected chi connectivity index (χ0v) is 16.8. The largest absolute Gasteiger partial charge is 0.508 e. The summed E-state index contributed by atoms with van der Waals surface area (Å²) in [6.07, 6.45) is 3.87. The SMILES string of the molecule is CC(C)CN1C(=S)N[C@@H](c2ccccn2)[C@H]1c1cccn1-c1ccc(O)cc1. The van der Waals surface area contributed by atoms with Crippen molar-refractivity contribution >= 4 is 17.3 Å². The average molecular weight is 393 g/mol. The van der Waals surface area contributed by atoms with Gasteiger partial charge in [-0.1, -0.05) is 19.9 Å².